The van der Waals surface area contributed by atoms with Gasteiger partial charge in [0.05, 0.1) is 29.6 Å². The van der Waals surface area contributed by atoms with E-state index in [9.17, 15) is 13.2 Å². The first kappa shape index (κ1) is 21.5. The zero-order chi connectivity index (χ0) is 21.6. The number of benzene rings is 1. The number of aryl methyl sites for hydroxylation is 2. The molecule has 0 aliphatic carbocycles. The average molecular weight is 429 g/mol. The number of rotatable bonds is 9. The van der Waals surface area contributed by atoms with Crippen LogP contribution >= 0.6 is 0 Å². The zero-order valence-corrected chi connectivity index (χ0v) is 17.6. The molecule has 2 aromatic rings. The lowest BCUT2D eigenvalue weighted by Gasteiger charge is -2.07. The summed E-state index contributed by atoms with van der Waals surface area (Å²) in [6.45, 7) is 2.75. The minimum Gasteiger partial charge on any atom is -0.311 e. The number of carbonyl (C=O) groups excluding carboxylic acids is 1. The van der Waals surface area contributed by atoms with Crippen LogP contribution < -0.4 is 10.0 Å². The molecule has 158 valence electrons. The molecule has 30 heavy (non-hydrogen) atoms. The van der Waals surface area contributed by atoms with E-state index in [0.29, 0.717) is 49.6 Å². The van der Waals surface area contributed by atoms with Gasteiger partial charge in [-0.1, -0.05) is 18.6 Å². The average Bonchev–Trinajstić information content (AvgIpc) is 3.19. The minimum atomic E-state index is -3.51. The van der Waals surface area contributed by atoms with E-state index in [-0.39, 0.29) is 10.8 Å². The van der Waals surface area contributed by atoms with Crippen LogP contribution in [-0.2, 0) is 21.4 Å². The molecule has 1 amide bonds. The van der Waals surface area contributed by atoms with Crippen molar-refractivity contribution in [3.8, 4) is 6.07 Å². The van der Waals surface area contributed by atoms with Gasteiger partial charge in [-0.05, 0) is 31.9 Å². The van der Waals surface area contributed by atoms with Gasteiger partial charge in [-0.3, -0.25) is 14.5 Å². The van der Waals surface area contributed by atoms with E-state index in [0.717, 1.165) is 18.5 Å². The molecule has 0 spiro atoms. The van der Waals surface area contributed by atoms with Crippen molar-refractivity contribution >= 4 is 27.6 Å². The van der Waals surface area contributed by atoms with Gasteiger partial charge in [0.2, 0.25) is 5.91 Å². The van der Waals surface area contributed by atoms with Crippen molar-refractivity contribution in [2.24, 2.45) is 4.99 Å². The molecule has 0 radical (unpaired) electrons. The summed E-state index contributed by atoms with van der Waals surface area (Å²) in [7, 11) is -3.51. The first-order valence-corrected chi connectivity index (χ1v) is 11.3. The van der Waals surface area contributed by atoms with Gasteiger partial charge in [-0.2, -0.15) is 10.4 Å². The number of fused-ring (bicyclic) bond motifs is 1. The van der Waals surface area contributed by atoms with Gasteiger partial charge in [0.25, 0.3) is 10.0 Å². The Hall–Kier alpha value is -3.19. The summed E-state index contributed by atoms with van der Waals surface area (Å²) < 4.78 is 28.2. The fraction of sp³-hybridized carbons (Fsp3) is 0.400. The maximum atomic E-state index is 12.2. The largest absolute Gasteiger partial charge is 0.311 e. The van der Waals surface area contributed by atoms with Gasteiger partial charge in [0, 0.05) is 24.6 Å². The van der Waals surface area contributed by atoms with E-state index in [4.69, 9.17) is 5.26 Å². The first-order valence-electron chi connectivity index (χ1n) is 9.78. The standard InChI is InChI=1S/C20H24N6O3S/c1-15-14-18(26(24-15)13-7-11-21)23-19(27)10-3-2-6-12-22-20-16-8-4-5-9-17(16)30(28,29)25-20/h4-5,8-9,14H,2-3,6-7,10,12-13H2,1H3,(H,22,25)(H,23,27). The van der Waals surface area contributed by atoms with E-state index in [1.807, 2.05) is 6.92 Å². The highest BCUT2D eigenvalue weighted by atomic mass is 32.2. The van der Waals surface area contributed by atoms with Crippen molar-refractivity contribution in [2.45, 2.75) is 50.5 Å². The van der Waals surface area contributed by atoms with Crippen LogP contribution in [0.5, 0.6) is 0 Å². The van der Waals surface area contributed by atoms with E-state index in [1.165, 1.54) is 0 Å². The number of anilines is 1. The number of aliphatic imine (C=N–C) groups is 1. The van der Waals surface area contributed by atoms with Gasteiger partial charge >= 0.3 is 0 Å². The van der Waals surface area contributed by atoms with Crippen molar-refractivity contribution in [2.75, 3.05) is 11.9 Å². The van der Waals surface area contributed by atoms with Gasteiger partial charge in [-0.25, -0.2) is 13.1 Å². The summed E-state index contributed by atoms with van der Waals surface area (Å²) in [5, 5.41) is 15.8. The molecule has 3 rings (SSSR count). The summed E-state index contributed by atoms with van der Waals surface area (Å²) in [6.07, 6.45) is 2.94. The molecular weight excluding hydrogens is 404 g/mol. The highest BCUT2D eigenvalue weighted by Gasteiger charge is 2.29. The van der Waals surface area contributed by atoms with Gasteiger partial charge < -0.3 is 5.32 Å². The Morgan fingerprint density at radius 3 is 2.90 bits per heavy atom. The number of carbonyl (C=O) groups is 1. The van der Waals surface area contributed by atoms with Crippen LogP contribution in [0.1, 0.15) is 43.4 Å². The second-order valence-electron chi connectivity index (χ2n) is 6.99. The molecule has 0 fully saturated rings. The van der Waals surface area contributed by atoms with Crippen molar-refractivity contribution in [1.29, 1.82) is 5.26 Å². The monoisotopic (exact) mass is 428 g/mol. The third kappa shape index (κ3) is 5.24. The Morgan fingerprint density at radius 1 is 1.30 bits per heavy atom. The minimum absolute atomic E-state index is 0.100. The molecule has 0 unspecified atom stereocenters. The topological polar surface area (TPSA) is 129 Å². The van der Waals surface area contributed by atoms with Crippen molar-refractivity contribution < 1.29 is 13.2 Å². The molecule has 9 nitrogen and oxygen atoms in total. The van der Waals surface area contributed by atoms with Crippen LogP contribution in [-0.4, -0.2) is 36.5 Å². The molecule has 0 saturated heterocycles. The van der Waals surface area contributed by atoms with Gasteiger partial charge in [0.1, 0.15) is 11.7 Å². The fourth-order valence-corrected chi connectivity index (χ4v) is 4.45. The Bertz CT molecular complexity index is 1100. The molecule has 2 heterocycles. The number of nitrogens with one attached hydrogen (secondary N) is 2. The Morgan fingerprint density at radius 2 is 2.10 bits per heavy atom. The third-order valence-electron chi connectivity index (χ3n) is 4.60. The SMILES string of the molecule is Cc1cc(NC(=O)CCCCCN=C2NS(=O)(=O)c3ccccc32)n(CCC#N)n1. The highest BCUT2D eigenvalue weighted by molar-refractivity contribution is 7.90. The summed E-state index contributed by atoms with van der Waals surface area (Å²) in [5.41, 5.74) is 1.38. The number of hydrogen-bond acceptors (Lipinski definition) is 6. The fourth-order valence-electron chi connectivity index (χ4n) is 3.19. The predicted molar refractivity (Wildman–Crippen MR) is 112 cm³/mol. The number of nitriles is 1. The Labute approximate surface area is 175 Å². The summed E-state index contributed by atoms with van der Waals surface area (Å²) in [5.74, 6) is 0.882. The summed E-state index contributed by atoms with van der Waals surface area (Å²) >= 11 is 0. The first-order chi connectivity index (χ1) is 14.4. The van der Waals surface area contributed by atoms with Gasteiger partial charge in [0.15, 0.2) is 0 Å². The lowest BCUT2D eigenvalue weighted by molar-refractivity contribution is -0.116. The van der Waals surface area contributed by atoms with E-state index in [2.05, 4.69) is 26.2 Å². The normalized spacial score (nSPS) is 15.4. The Kier molecular flexibility index (Phi) is 6.84. The quantitative estimate of drug-likeness (QED) is 0.592. The number of aromatic nitrogens is 2. The van der Waals surface area contributed by atoms with Crippen LogP contribution in [0.15, 0.2) is 40.2 Å². The van der Waals surface area contributed by atoms with Crippen LogP contribution in [0.25, 0.3) is 0 Å². The van der Waals surface area contributed by atoms with E-state index < -0.39 is 10.0 Å². The summed E-state index contributed by atoms with van der Waals surface area (Å²) in [4.78, 5) is 16.8. The number of amides is 1. The number of sulfonamides is 1. The molecule has 0 saturated carbocycles. The van der Waals surface area contributed by atoms with Crippen molar-refractivity contribution in [1.82, 2.24) is 14.5 Å². The molecule has 1 aromatic carbocycles. The molecule has 2 N–H and O–H groups in total. The molecule has 0 atom stereocenters. The van der Waals surface area contributed by atoms with Crippen molar-refractivity contribution in [3.05, 3.63) is 41.6 Å². The second-order valence-corrected chi connectivity index (χ2v) is 8.64. The number of hydrogen-bond donors (Lipinski definition) is 2. The van der Waals surface area contributed by atoms with E-state index in [1.54, 1.807) is 35.0 Å². The van der Waals surface area contributed by atoms with Crippen LogP contribution in [0.2, 0.25) is 0 Å². The van der Waals surface area contributed by atoms with Crippen LogP contribution in [0, 0.1) is 18.3 Å². The smallest absolute Gasteiger partial charge is 0.263 e. The molecule has 1 aromatic heterocycles. The lowest BCUT2D eigenvalue weighted by Crippen LogP contribution is -2.22. The van der Waals surface area contributed by atoms with Crippen molar-refractivity contribution in [3.63, 3.8) is 0 Å². The molecule has 10 heteroatoms. The van der Waals surface area contributed by atoms with E-state index >= 15 is 0 Å². The third-order valence-corrected chi connectivity index (χ3v) is 6.00. The molecule has 0 bridgehead atoms. The maximum absolute atomic E-state index is 12.2. The lowest BCUT2D eigenvalue weighted by atomic mass is 10.2. The molecule has 1 aliphatic rings. The number of nitrogens with zero attached hydrogens (tertiary/aromatic N) is 4. The second kappa shape index (κ2) is 9.54. The predicted octanol–water partition coefficient (Wildman–Crippen LogP) is 2.34. The summed E-state index contributed by atoms with van der Waals surface area (Å²) in [6, 6.07) is 10.6. The molecular formula is C20H24N6O3S. The van der Waals surface area contributed by atoms with Crippen LogP contribution in [0.4, 0.5) is 5.82 Å². The van der Waals surface area contributed by atoms with Crippen LogP contribution in [0.3, 0.4) is 0 Å². The van der Waals surface area contributed by atoms with Gasteiger partial charge in [-0.15, -0.1) is 0 Å². The number of unbranched alkanes of at least 4 members (excludes halogenated alkanes) is 2. The molecule has 1 aliphatic heterocycles. The maximum Gasteiger partial charge on any atom is 0.263 e. The zero-order valence-electron chi connectivity index (χ0n) is 16.8. The highest BCUT2D eigenvalue weighted by Crippen LogP contribution is 2.22. The Balaban J connectivity index is 1.42. The number of amidine groups is 1.